The summed E-state index contributed by atoms with van der Waals surface area (Å²) in [7, 11) is 0. The summed E-state index contributed by atoms with van der Waals surface area (Å²) in [6.07, 6.45) is 5.32. The highest BCUT2D eigenvalue weighted by molar-refractivity contribution is 6.40. The summed E-state index contributed by atoms with van der Waals surface area (Å²) in [4.78, 5) is 48.0. The molecule has 31 aromatic rings. The Labute approximate surface area is 729 Å². The summed E-state index contributed by atoms with van der Waals surface area (Å²) in [5.74, 6) is 2.00. The molecule has 15 aromatic heterocycles. The van der Waals surface area contributed by atoms with Crippen LogP contribution in [0.2, 0.25) is 0 Å². The van der Waals surface area contributed by atoms with E-state index in [1.54, 1.807) is 12.4 Å². The number of aromatic nitrogens is 15. The average Bonchev–Trinajstić information content (AvgIpc) is 1.53. The summed E-state index contributed by atoms with van der Waals surface area (Å²) < 4.78 is 13.9. The smallest absolute Gasteiger partial charge is 0.333 e. The summed E-state index contributed by atoms with van der Waals surface area (Å²) >= 11 is 0. The van der Waals surface area contributed by atoms with Crippen molar-refractivity contribution in [3.63, 3.8) is 0 Å². The van der Waals surface area contributed by atoms with Crippen molar-refractivity contribution in [1.29, 1.82) is 0 Å². The molecule has 0 radical (unpaired) electrons. The summed E-state index contributed by atoms with van der Waals surface area (Å²) in [5.41, 5.74) is 22.1. The molecule has 0 N–H and O–H groups in total. The van der Waals surface area contributed by atoms with Crippen LogP contribution in [0, 0.1) is 13.5 Å². The van der Waals surface area contributed by atoms with Gasteiger partial charge in [0.25, 0.3) is 5.82 Å². The number of para-hydroxylation sites is 6. The molecule has 0 bridgehead atoms. The molecule has 594 valence electrons. The number of benzene rings is 16. The van der Waals surface area contributed by atoms with Crippen LogP contribution in [0.3, 0.4) is 0 Å². The number of aryl methyl sites for hydroxylation is 1. The Morgan fingerprint density at radius 1 is 0.225 bits per heavy atom. The first-order valence-corrected chi connectivity index (χ1v) is 43.3. The van der Waals surface area contributed by atoms with Gasteiger partial charge in [-0.1, -0.05) is 230 Å². The number of rotatable bonds is 4. The van der Waals surface area contributed by atoms with Crippen LogP contribution in [0.25, 0.3) is 279 Å². The maximum Gasteiger partial charge on any atom is 0.333 e. The van der Waals surface area contributed by atoms with Crippen LogP contribution in [0.1, 0.15) is 5.69 Å². The van der Waals surface area contributed by atoms with E-state index in [0.717, 1.165) is 77.0 Å². The summed E-state index contributed by atoms with van der Waals surface area (Å²) in [5, 5.41) is 31.6. The normalized spacial score (nSPS) is 12.4. The fraction of sp³-hybridized carbons (Fsp3) is 0.00885. The molecule has 0 saturated heterocycles. The number of hydrogen-bond acceptors (Lipinski definition) is 9. The number of pyridine rings is 3. The van der Waals surface area contributed by atoms with Crippen molar-refractivity contribution >= 4 is 251 Å². The van der Waals surface area contributed by atoms with Gasteiger partial charge in [-0.2, -0.15) is 15.0 Å². The highest BCUT2D eigenvalue weighted by Gasteiger charge is 2.32. The Morgan fingerprint density at radius 2 is 0.527 bits per heavy atom. The van der Waals surface area contributed by atoms with Gasteiger partial charge in [0.05, 0.1) is 94.1 Å². The van der Waals surface area contributed by atoms with Gasteiger partial charge >= 0.3 is 5.95 Å². The van der Waals surface area contributed by atoms with Gasteiger partial charge in [0, 0.05) is 137 Å². The van der Waals surface area contributed by atoms with E-state index in [2.05, 4.69) is 345 Å². The van der Waals surface area contributed by atoms with Crippen LogP contribution in [0.15, 0.2) is 358 Å². The molecule has 0 amide bonds. The minimum Gasteiger partial charge on any atom is -0.360 e. The van der Waals surface area contributed by atoms with E-state index < -0.39 is 0 Å². The second-order valence-electron chi connectivity index (χ2n) is 33.8. The third-order valence-corrected chi connectivity index (χ3v) is 27.2. The first-order chi connectivity index (χ1) is 63.9. The molecule has 16 aromatic carbocycles. The van der Waals surface area contributed by atoms with Crippen LogP contribution in [0.5, 0.6) is 0 Å². The van der Waals surface area contributed by atoms with Gasteiger partial charge in [0.1, 0.15) is 0 Å². The maximum absolute atomic E-state index is 7.91. The highest BCUT2D eigenvalue weighted by Crippen LogP contribution is 2.52. The van der Waals surface area contributed by atoms with Crippen LogP contribution < -0.4 is 0 Å². The molecule has 0 atom stereocenters. The van der Waals surface area contributed by atoms with Crippen LogP contribution >= 0.6 is 0 Å². The zero-order valence-corrected chi connectivity index (χ0v) is 68.7. The molecule has 0 aliphatic heterocycles. The molecule has 0 aliphatic carbocycles. The van der Waals surface area contributed by atoms with E-state index in [1.165, 1.54) is 163 Å². The molecule has 31 rings (SSSR count). The van der Waals surface area contributed by atoms with Gasteiger partial charge in [-0.3, -0.25) is 13.7 Å². The number of hydrogen-bond donors (Lipinski definition) is 0. The molecule has 0 spiro atoms. The Morgan fingerprint density at radius 3 is 0.922 bits per heavy atom. The van der Waals surface area contributed by atoms with Crippen molar-refractivity contribution in [2.45, 2.75) is 6.92 Å². The van der Waals surface area contributed by atoms with Crippen LogP contribution in [-0.2, 0) is 0 Å². The second kappa shape index (κ2) is 25.8. The van der Waals surface area contributed by atoms with Crippen LogP contribution in [-0.4, -0.2) is 71.8 Å². The van der Waals surface area contributed by atoms with Gasteiger partial charge in [-0.25, -0.2) is 24.9 Å². The van der Waals surface area contributed by atoms with E-state index in [9.17, 15) is 0 Å². The van der Waals surface area contributed by atoms with Gasteiger partial charge < -0.3 is 18.0 Å². The Hall–Kier alpha value is -17.9. The van der Waals surface area contributed by atoms with Crippen molar-refractivity contribution in [1.82, 2.24) is 71.8 Å². The van der Waals surface area contributed by atoms with E-state index in [1.807, 2.05) is 49.5 Å². The van der Waals surface area contributed by atoms with Crippen LogP contribution in [0.4, 0.5) is 5.82 Å². The van der Waals surface area contributed by atoms with Gasteiger partial charge in [0.15, 0.2) is 16.9 Å². The fourth-order valence-corrected chi connectivity index (χ4v) is 21.9. The average molecular weight is 1640 g/mol. The second-order valence-corrected chi connectivity index (χ2v) is 33.8. The first-order valence-electron chi connectivity index (χ1n) is 43.3. The topological polar surface area (TPSA) is 148 Å². The molecule has 0 saturated carbocycles. The van der Waals surface area contributed by atoms with Crippen molar-refractivity contribution in [2.24, 2.45) is 0 Å². The third-order valence-electron chi connectivity index (χ3n) is 27.2. The van der Waals surface area contributed by atoms with Gasteiger partial charge in [-0.05, 0) is 161 Å². The standard InChI is InChI=1S/C41H23N5.C36H18N6.C36H21N5/c1-2-11-24(12-3-1)38-29-17-10-20-42-40(29)44-41(43-38)46-34-22-26-14-5-4-13-25(26)21-31(34)36-35(46)23-30-27-15-6-8-18-32(27)45-33-19-9-7-16-28(33)37(36)39(30)45;1-37-34-24-13-8-16-38-35(24)40-36(39-34)42-29-18-21-10-3-2-9-20(21)17-26(29)31-30(42)19-25-22-11-4-6-14-27(22)41-28-15-7-5-12-23(28)32(31)33(25)41;1-20-23-13-8-16-37-35(23)39-36(38-20)41-30-18-22-10-3-2-9-21(22)17-27(30)32-31(41)19-26-24-11-4-6-14-28(24)40-29-15-7-5-12-25(29)33(32)34(26)40/h1-23H;2-19H;2-19H,1H3. The van der Waals surface area contributed by atoms with E-state index in [0.29, 0.717) is 46.0 Å². The molecular weight excluding hydrogens is 1580 g/mol. The van der Waals surface area contributed by atoms with E-state index in [4.69, 9.17) is 41.5 Å². The molecular formula is C113H62N16. The monoisotopic (exact) mass is 1640 g/mol. The SMILES string of the molecule is Cc1nc(-n2c3cc4ccccc4cc3c3c4c5ccccc5n5c6ccccc6c(cc32)c45)nc2ncccc12.[C-]#[N+]c1nc(-n2c3cc4ccccc4cc3c3c4c5ccccc5n5c6ccccc6c(cc32)c45)nc2ncccc12.c1ccc(-c2nc(-n3c4cc5ccccc5cc4c4c5c6ccccc6n6c7ccccc7c(cc43)c56)nc3ncccc23)cc1. The fourth-order valence-electron chi connectivity index (χ4n) is 21.9. The number of fused-ring (bicyclic) bond motifs is 36. The molecule has 16 heteroatoms. The van der Waals surface area contributed by atoms with Gasteiger partial charge in [-0.15, -0.1) is 0 Å². The molecule has 16 nitrogen and oxygen atoms in total. The maximum atomic E-state index is 7.91. The third kappa shape index (κ3) is 9.49. The summed E-state index contributed by atoms with van der Waals surface area (Å²) in [6, 6.07) is 121. The largest absolute Gasteiger partial charge is 0.360 e. The van der Waals surface area contributed by atoms with Gasteiger partial charge in [0.2, 0.25) is 11.9 Å². The zero-order valence-electron chi connectivity index (χ0n) is 68.7. The summed E-state index contributed by atoms with van der Waals surface area (Å²) in [6.45, 7) is 9.95. The lowest BCUT2D eigenvalue weighted by Gasteiger charge is -2.11. The molecule has 15 heterocycles. The predicted octanol–water partition coefficient (Wildman–Crippen LogP) is 27.8. The quantitative estimate of drug-likeness (QED) is 0.157. The van der Waals surface area contributed by atoms with Crippen molar-refractivity contribution in [3.05, 3.63) is 375 Å². The van der Waals surface area contributed by atoms with Crippen molar-refractivity contribution < 1.29 is 0 Å². The van der Waals surface area contributed by atoms with Crippen molar-refractivity contribution in [3.8, 4) is 29.1 Å². The Balaban J connectivity index is 0.0000000957. The predicted molar refractivity (Wildman–Crippen MR) is 528 cm³/mol. The Bertz CT molecular complexity index is 10400. The highest BCUT2D eigenvalue weighted by atomic mass is 15.2. The molecule has 129 heavy (non-hydrogen) atoms. The van der Waals surface area contributed by atoms with E-state index >= 15 is 0 Å². The van der Waals surface area contributed by atoms with E-state index in [-0.39, 0.29) is 0 Å². The lowest BCUT2D eigenvalue weighted by Crippen LogP contribution is -2.04. The minimum atomic E-state index is 0.298. The molecule has 0 fully saturated rings. The molecule has 0 unspecified atom stereocenters. The minimum absolute atomic E-state index is 0.298. The first kappa shape index (κ1) is 69.6. The van der Waals surface area contributed by atoms with Crippen molar-refractivity contribution in [2.75, 3.05) is 0 Å². The molecule has 0 aliphatic rings. The Kier molecular flexibility index (Phi) is 13.9. The lowest BCUT2D eigenvalue weighted by molar-refractivity contribution is 0.981. The number of nitrogens with zero attached hydrogens (tertiary/aromatic N) is 16. The zero-order chi connectivity index (χ0) is 84.3. The lowest BCUT2D eigenvalue weighted by atomic mass is 10.0.